The van der Waals surface area contributed by atoms with E-state index >= 15 is 0 Å². The first-order valence-electron chi connectivity index (χ1n) is 9.74. The number of esters is 1. The Balaban J connectivity index is 1.51. The molecule has 160 valence electrons. The van der Waals surface area contributed by atoms with Crippen molar-refractivity contribution in [2.75, 3.05) is 40.0 Å². The topological polar surface area (TPSA) is 97.3 Å². The molecule has 2 aromatic rings. The van der Waals surface area contributed by atoms with Gasteiger partial charge in [-0.05, 0) is 29.3 Å². The molecule has 1 fully saturated rings. The van der Waals surface area contributed by atoms with E-state index in [1.54, 1.807) is 0 Å². The van der Waals surface area contributed by atoms with Gasteiger partial charge in [-0.2, -0.15) is 0 Å². The molecule has 0 aromatic heterocycles. The van der Waals surface area contributed by atoms with Crippen molar-refractivity contribution in [2.45, 2.75) is 13.1 Å². The van der Waals surface area contributed by atoms with Crippen LogP contribution in [0.1, 0.15) is 21.5 Å². The zero-order valence-electron chi connectivity index (χ0n) is 16.9. The predicted molar refractivity (Wildman–Crippen MR) is 109 cm³/mol. The molecule has 0 atom stereocenters. The summed E-state index contributed by atoms with van der Waals surface area (Å²) in [6, 6.07) is 12.1. The van der Waals surface area contributed by atoms with Gasteiger partial charge in [-0.3, -0.25) is 9.69 Å². The molecule has 0 saturated carbocycles. The number of hydrogen-bond acceptors (Lipinski definition) is 7. The van der Waals surface area contributed by atoms with Crippen LogP contribution in [0.15, 0.2) is 42.5 Å². The number of ether oxygens (including phenoxy) is 3. The number of phenolic OH excluding ortho intramolecular Hbond substituents is 1. The Hall–Kier alpha value is -3.10. The minimum absolute atomic E-state index is 0.0574. The lowest BCUT2D eigenvalue weighted by Crippen LogP contribution is -2.36. The molecule has 3 rings (SSSR count). The Labute approximate surface area is 175 Å². The third-order valence-electron chi connectivity index (χ3n) is 4.85. The van der Waals surface area contributed by atoms with E-state index in [1.807, 2.05) is 24.3 Å². The minimum atomic E-state index is -0.797. The molecule has 1 heterocycles. The zero-order valence-corrected chi connectivity index (χ0v) is 16.9. The third-order valence-corrected chi connectivity index (χ3v) is 4.85. The number of carbonyl (C=O) groups excluding carboxylic acids is 2. The summed E-state index contributed by atoms with van der Waals surface area (Å²) in [7, 11) is 1.45. The standard InChI is InChI=1S/C22H26N2O6/c1-28-18-6-7-20(25)19(12-18)22(27)30-15-21(26)23-13-16-4-2-3-5-17(16)14-24-8-10-29-11-9-24/h2-7,12,25H,8-11,13-15H2,1H3,(H,23,26). The lowest BCUT2D eigenvalue weighted by atomic mass is 10.1. The Morgan fingerprint density at radius 3 is 2.60 bits per heavy atom. The first-order chi connectivity index (χ1) is 14.6. The van der Waals surface area contributed by atoms with Crippen molar-refractivity contribution < 1.29 is 28.9 Å². The highest BCUT2D eigenvalue weighted by atomic mass is 16.5. The van der Waals surface area contributed by atoms with Crippen LogP contribution >= 0.6 is 0 Å². The number of amides is 1. The summed E-state index contributed by atoms with van der Waals surface area (Å²) in [6.07, 6.45) is 0. The number of carbonyl (C=O) groups is 2. The maximum absolute atomic E-state index is 12.2. The fourth-order valence-corrected chi connectivity index (χ4v) is 3.14. The van der Waals surface area contributed by atoms with E-state index in [4.69, 9.17) is 14.2 Å². The van der Waals surface area contributed by atoms with Crippen LogP contribution in [0, 0.1) is 0 Å². The van der Waals surface area contributed by atoms with Gasteiger partial charge in [-0.15, -0.1) is 0 Å². The van der Waals surface area contributed by atoms with Gasteiger partial charge in [0.2, 0.25) is 0 Å². The molecule has 2 N–H and O–H groups in total. The Bertz CT molecular complexity index is 880. The number of methoxy groups -OCH3 is 1. The smallest absolute Gasteiger partial charge is 0.342 e. The highest BCUT2D eigenvalue weighted by molar-refractivity contribution is 5.94. The average molecular weight is 414 g/mol. The number of benzene rings is 2. The highest BCUT2D eigenvalue weighted by Crippen LogP contribution is 2.23. The van der Waals surface area contributed by atoms with Gasteiger partial charge in [-0.25, -0.2) is 4.79 Å². The molecule has 0 aliphatic carbocycles. The van der Waals surface area contributed by atoms with Crippen molar-refractivity contribution in [3.63, 3.8) is 0 Å². The summed E-state index contributed by atoms with van der Waals surface area (Å²) in [5.74, 6) is -1.06. The van der Waals surface area contributed by atoms with E-state index in [2.05, 4.69) is 10.2 Å². The van der Waals surface area contributed by atoms with E-state index in [0.29, 0.717) is 12.3 Å². The zero-order chi connectivity index (χ0) is 21.3. The summed E-state index contributed by atoms with van der Waals surface area (Å²) >= 11 is 0. The molecule has 0 bridgehead atoms. The first kappa shape index (κ1) is 21.6. The molecule has 2 aromatic carbocycles. The maximum atomic E-state index is 12.2. The summed E-state index contributed by atoms with van der Waals surface area (Å²) < 4.78 is 15.4. The summed E-state index contributed by atoms with van der Waals surface area (Å²) in [4.78, 5) is 26.6. The van der Waals surface area contributed by atoms with Gasteiger partial charge in [0.25, 0.3) is 5.91 Å². The largest absolute Gasteiger partial charge is 0.507 e. The second-order valence-corrected chi connectivity index (χ2v) is 6.89. The van der Waals surface area contributed by atoms with Crippen LogP contribution < -0.4 is 10.1 Å². The van der Waals surface area contributed by atoms with Gasteiger partial charge in [0, 0.05) is 26.2 Å². The van der Waals surface area contributed by atoms with Crippen molar-refractivity contribution in [1.29, 1.82) is 0 Å². The number of rotatable bonds is 8. The third kappa shape index (κ3) is 5.95. The molecule has 0 radical (unpaired) electrons. The molecule has 1 saturated heterocycles. The fraction of sp³-hybridized carbons (Fsp3) is 0.364. The average Bonchev–Trinajstić information content (AvgIpc) is 2.78. The molecule has 1 amide bonds. The van der Waals surface area contributed by atoms with Crippen LogP contribution in [0.2, 0.25) is 0 Å². The Morgan fingerprint density at radius 2 is 1.87 bits per heavy atom. The van der Waals surface area contributed by atoms with E-state index in [-0.39, 0.29) is 11.3 Å². The maximum Gasteiger partial charge on any atom is 0.342 e. The number of hydrogen-bond donors (Lipinski definition) is 2. The molecule has 1 aliphatic rings. The minimum Gasteiger partial charge on any atom is -0.507 e. The van der Waals surface area contributed by atoms with Crippen LogP contribution in [0.5, 0.6) is 11.5 Å². The Morgan fingerprint density at radius 1 is 1.13 bits per heavy atom. The van der Waals surface area contributed by atoms with Gasteiger partial charge >= 0.3 is 5.97 Å². The van der Waals surface area contributed by atoms with Gasteiger partial charge in [0.15, 0.2) is 6.61 Å². The number of aromatic hydroxyl groups is 1. The van der Waals surface area contributed by atoms with Crippen molar-refractivity contribution in [3.05, 3.63) is 59.2 Å². The fourth-order valence-electron chi connectivity index (χ4n) is 3.14. The summed E-state index contributed by atoms with van der Waals surface area (Å²) in [6.45, 7) is 3.91. The van der Waals surface area contributed by atoms with E-state index in [1.165, 1.54) is 25.3 Å². The van der Waals surface area contributed by atoms with Crippen LogP contribution in [-0.4, -0.2) is 61.9 Å². The lowest BCUT2D eigenvalue weighted by molar-refractivity contribution is -0.124. The lowest BCUT2D eigenvalue weighted by Gasteiger charge is -2.27. The number of phenols is 1. The molecule has 1 aliphatic heterocycles. The van der Waals surface area contributed by atoms with Crippen molar-refractivity contribution >= 4 is 11.9 Å². The summed E-state index contributed by atoms with van der Waals surface area (Å²) in [5, 5.41) is 12.6. The van der Waals surface area contributed by atoms with E-state index < -0.39 is 18.5 Å². The second-order valence-electron chi connectivity index (χ2n) is 6.89. The van der Waals surface area contributed by atoms with Crippen LogP contribution in [0.3, 0.4) is 0 Å². The first-order valence-corrected chi connectivity index (χ1v) is 9.74. The molecule has 30 heavy (non-hydrogen) atoms. The van der Waals surface area contributed by atoms with Crippen LogP contribution in [-0.2, 0) is 27.4 Å². The van der Waals surface area contributed by atoms with Gasteiger partial charge < -0.3 is 24.6 Å². The van der Waals surface area contributed by atoms with Crippen LogP contribution in [0.4, 0.5) is 0 Å². The second kappa shape index (κ2) is 10.6. The summed E-state index contributed by atoms with van der Waals surface area (Å²) in [5.41, 5.74) is 2.09. The molecule has 0 spiro atoms. The quantitative estimate of drug-likeness (QED) is 0.635. The molecular formula is C22H26N2O6. The number of nitrogens with one attached hydrogen (secondary N) is 1. The van der Waals surface area contributed by atoms with Crippen LogP contribution in [0.25, 0.3) is 0 Å². The predicted octanol–water partition coefficient (Wildman–Crippen LogP) is 1.71. The van der Waals surface area contributed by atoms with Gasteiger partial charge in [-0.1, -0.05) is 24.3 Å². The monoisotopic (exact) mass is 414 g/mol. The van der Waals surface area contributed by atoms with Crippen molar-refractivity contribution in [2.24, 2.45) is 0 Å². The Kier molecular flexibility index (Phi) is 7.64. The van der Waals surface area contributed by atoms with Crippen molar-refractivity contribution in [3.8, 4) is 11.5 Å². The molecular weight excluding hydrogens is 388 g/mol. The molecule has 0 unspecified atom stereocenters. The van der Waals surface area contributed by atoms with E-state index in [9.17, 15) is 14.7 Å². The van der Waals surface area contributed by atoms with Gasteiger partial charge in [0.05, 0.1) is 20.3 Å². The highest BCUT2D eigenvalue weighted by Gasteiger charge is 2.16. The normalized spacial score (nSPS) is 14.2. The molecule has 8 heteroatoms. The number of nitrogens with zero attached hydrogens (tertiary/aromatic N) is 1. The van der Waals surface area contributed by atoms with E-state index in [0.717, 1.165) is 44.0 Å². The molecule has 8 nitrogen and oxygen atoms in total. The number of morpholine rings is 1. The SMILES string of the molecule is COc1ccc(O)c(C(=O)OCC(=O)NCc2ccccc2CN2CCOCC2)c1. The van der Waals surface area contributed by atoms with Crippen molar-refractivity contribution in [1.82, 2.24) is 10.2 Å². The van der Waals surface area contributed by atoms with Gasteiger partial charge in [0.1, 0.15) is 17.1 Å².